The highest BCUT2D eigenvalue weighted by Gasteiger charge is 2.30. The van der Waals surface area contributed by atoms with Crippen LogP contribution in [-0.2, 0) is 11.2 Å². The van der Waals surface area contributed by atoms with Crippen LogP contribution < -0.4 is 5.56 Å². The van der Waals surface area contributed by atoms with Gasteiger partial charge in [-0.05, 0) is 29.7 Å². The average Bonchev–Trinajstić information content (AvgIpc) is 3.15. The van der Waals surface area contributed by atoms with Crippen molar-refractivity contribution in [3.05, 3.63) is 73.6 Å². The lowest BCUT2D eigenvalue weighted by Gasteiger charge is -2.36. The number of carbonyl (C=O) groups excluding carboxylic acids is 2. The van der Waals surface area contributed by atoms with E-state index < -0.39 is 17.8 Å². The molecule has 2 amide bonds. The number of halogens is 3. The number of nitrogens with zero attached hydrogens (tertiary/aromatic N) is 3. The van der Waals surface area contributed by atoms with Crippen LogP contribution in [0.5, 0.6) is 0 Å². The molecule has 4 rings (SSSR count). The van der Waals surface area contributed by atoms with Crippen LogP contribution in [0.25, 0.3) is 5.52 Å². The molecule has 0 saturated carbocycles. The number of carbonyl (C=O) groups is 2. The van der Waals surface area contributed by atoms with Crippen LogP contribution in [0.3, 0.4) is 0 Å². The zero-order valence-electron chi connectivity index (χ0n) is 19.2. The first-order valence-corrected chi connectivity index (χ1v) is 12.0. The van der Waals surface area contributed by atoms with Gasteiger partial charge < -0.3 is 19.9 Å². The number of benzene rings is 1. The van der Waals surface area contributed by atoms with E-state index in [1.54, 1.807) is 19.9 Å². The molecular formula is C24H25Cl2FN4O4. The van der Waals surface area contributed by atoms with E-state index in [0.29, 0.717) is 11.3 Å². The molecule has 1 aliphatic rings. The Bertz CT molecular complexity index is 1350. The Balaban J connectivity index is 1.52. The quantitative estimate of drug-likeness (QED) is 0.538. The van der Waals surface area contributed by atoms with Crippen LogP contribution >= 0.6 is 23.2 Å². The molecule has 0 aliphatic carbocycles. The molecule has 2 aromatic heterocycles. The van der Waals surface area contributed by atoms with Crippen LogP contribution in [0.2, 0.25) is 10.2 Å². The second kappa shape index (κ2) is 10.0. The van der Waals surface area contributed by atoms with Crippen molar-refractivity contribution in [3.8, 4) is 0 Å². The second-order valence-corrected chi connectivity index (χ2v) is 9.68. The number of rotatable bonds is 5. The van der Waals surface area contributed by atoms with Crippen LogP contribution in [0, 0.1) is 11.7 Å². The Kier molecular flexibility index (Phi) is 7.21. The Labute approximate surface area is 210 Å². The van der Waals surface area contributed by atoms with Crippen molar-refractivity contribution in [2.24, 2.45) is 5.92 Å². The van der Waals surface area contributed by atoms with Crippen molar-refractivity contribution >= 4 is 40.5 Å². The fourth-order valence-electron chi connectivity index (χ4n) is 4.15. The number of aliphatic hydroxyl groups excluding tert-OH is 1. The Morgan fingerprint density at radius 2 is 1.77 bits per heavy atom. The number of hydrogen-bond acceptors (Lipinski definition) is 4. The fourth-order valence-corrected chi connectivity index (χ4v) is 4.59. The second-order valence-electron chi connectivity index (χ2n) is 8.91. The SMILES string of the molecule is CC(C)C(O)C(=O)N1CCN(C(=O)c2cc(Cc3c[nH]c(=O)c4cc(Cl)c(Cl)n34)ccc2F)CC1. The van der Waals surface area contributed by atoms with Gasteiger partial charge in [-0.1, -0.05) is 43.1 Å². The molecule has 1 aromatic carbocycles. The molecule has 1 fully saturated rings. The van der Waals surface area contributed by atoms with E-state index in [9.17, 15) is 23.9 Å². The lowest BCUT2D eigenvalue weighted by molar-refractivity contribution is -0.143. The zero-order chi connectivity index (χ0) is 25.4. The van der Waals surface area contributed by atoms with Crippen molar-refractivity contribution in [2.75, 3.05) is 26.2 Å². The van der Waals surface area contributed by atoms with Crippen molar-refractivity contribution in [1.82, 2.24) is 19.2 Å². The highest BCUT2D eigenvalue weighted by molar-refractivity contribution is 6.42. The van der Waals surface area contributed by atoms with Gasteiger partial charge in [0.1, 0.15) is 22.6 Å². The van der Waals surface area contributed by atoms with Gasteiger partial charge in [0.25, 0.3) is 17.4 Å². The number of fused-ring (bicyclic) bond motifs is 1. The maximum Gasteiger partial charge on any atom is 0.272 e. The Morgan fingerprint density at radius 1 is 1.11 bits per heavy atom. The number of aliphatic hydroxyl groups is 1. The van der Waals surface area contributed by atoms with Gasteiger partial charge in [-0.2, -0.15) is 0 Å². The Hall–Kier alpha value is -2.88. The van der Waals surface area contributed by atoms with E-state index in [1.165, 1.54) is 38.6 Å². The number of amides is 2. The molecule has 1 atom stereocenters. The molecule has 2 N–H and O–H groups in total. The van der Waals surface area contributed by atoms with E-state index in [4.69, 9.17) is 23.2 Å². The third-order valence-corrected chi connectivity index (χ3v) is 6.95. The first-order chi connectivity index (χ1) is 16.6. The minimum atomic E-state index is -1.09. The average molecular weight is 523 g/mol. The van der Waals surface area contributed by atoms with Gasteiger partial charge in [-0.25, -0.2) is 4.39 Å². The summed E-state index contributed by atoms with van der Waals surface area (Å²) in [5.41, 5.74) is 1.10. The van der Waals surface area contributed by atoms with E-state index in [1.807, 2.05) is 0 Å². The molecule has 1 aliphatic heterocycles. The van der Waals surface area contributed by atoms with Gasteiger partial charge in [0.2, 0.25) is 0 Å². The molecule has 3 aromatic rings. The summed E-state index contributed by atoms with van der Waals surface area (Å²) in [4.78, 5) is 43.2. The van der Waals surface area contributed by atoms with E-state index in [0.717, 1.165) is 0 Å². The van der Waals surface area contributed by atoms with Gasteiger partial charge >= 0.3 is 0 Å². The van der Waals surface area contributed by atoms with Crippen molar-refractivity contribution in [1.29, 1.82) is 0 Å². The van der Waals surface area contributed by atoms with Gasteiger partial charge in [0, 0.05) is 44.5 Å². The summed E-state index contributed by atoms with van der Waals surface area (Å²) in [6, 6.07) is 5.74. The molecule has 186 valence electrons. The molecule has 0 spiro atoms. The maximum absolute atomic E-state index is 14.7. The van der Waals surface area contributed by atoms with Gasteiger partial charge in [-0.3, -0.25) is 18.8 Å². The third kappa shape index (κ3) is 4.94. The molecule has 0 radical (unpaired) electrons. The highest BCUT2D eigenvalue weighted by Crippen LogP contribution is 2.27. The first kappa shape index (κ1) is 25.2. The number of H-pyrrole nitrogens is 1. The van der Waals surface area contributed by atoms with Crippen LogP contribution in [0.15, 0.2) is 35.3 Å². The van der Waals surface area contributed by atoms with Crippen LogP contribution in [-0.4, -0.2) is 68.4 Å². The maximum atomic E-state index is 14.7. The summed E-state index contributed by atoms with van der Waals surface area (Å²) in [6.07, 6.45) is 0.674. The predicted molar refractivity (Wildman–Crippen MR) is 131 cm³/mol. The lowest BCUT2D eigenvalue weighted by Crippen LogP contribution is -2.53. The number of nitrogens with one attached hydrogen (secondary N) is 1. The van der Waals surface area contributed by atoms with E-state index >= 15 is 0 Å². The first-order valence-electron chi connectivity index (χ1n) is 11.2. The third-order valence-electron chi connectivity index (χ3n) is 6.20. The molecule has 1 saturated heterocycles. The predicted octanol–water partition coefficient (Wildman–Crippen LogP) is 2.97. The highest BCUT2D eigenvalue weighted by atomic mass is 35.5. The van der Waals surface area contributed by atoms with E-state index in [2.05, 4.69) is 4.98 Å². The summed E-state index contributed by atoms with van der Waals surface area (Å²) in [5, 5.41) is 10.5. The van der Waals surface area contributed by atoms with Crippen LogP contribution in [0.1, 0.15) is 35.5 Å². The van der Waals surface area contributed by atoms with Crippen LogP contribution in [0.4, 0.5) is 4.39 Å². The van der Waals surface area contributed by atoms with Gasteiger partial charge in [-0.15, -0.1) is 0 Å². The summed E-state index contributed by atoms with van der Waals surface area (Å²) in [7, 11) is 0. The summed E-state index contributed by atoms with van der Waals surface area (Å²) in [5.74, 6) is -1.70. The standard InChI is InChI=1S/C24H25Cl2FN4O4/c1-13(2)20(32)24(35)30-7-5-29(6-8-30)23(34)16-10-14(3-4-18(16)27)9-15-12-28-22(33)19-11-17(25)21(26)31(15)19/h3-4,10-13,20,32H,5-9H2,1-2H3,(H,28,33). The largest absolute Gasteiger partial charge is 0.383 e. The zero-order valence-corrected chi connectivity index (χ0v) is 20.7. The molecule has 11 heteroatoms. The fraction of sp³-hybridized carbons (Fsp3) is 0.375. The normalized spacial score (nSPS) is 15.2. The van der Waals surface area contributed by atoms with E-state index in [-0.39, 0.29) is 71.2 Å². The van der Waals surface area contributed by atoms with Crippen molar-refractivity contribution in [3.63, 3.8) is 0 Å². The number of aromatic nitrogens is 2. The summed E-state index contributed by atoms with van der Waals surface area (Å²) < 4.78 is 16.2. The summed E-state index contributed by atoms with van der Waals surface area (Å²) in [6.45, 7) is 4.51. The van der Waals surface area contributed by atoms with Gasteiger partial charge in [0.05, 0.1) is 10.6 Å². The van der Waals surface area contributed by atoms with Crippen molar-refractivity contribution < 1.29 is 19.1 Å². The van der Waals surface area contributed by atoms with Crippen molar-refractivity contribution in [2.45, 2.75) is 26.4 Å². The monoisotopic (exact) mass is 522 g/mol. The topological polar surface area (TPSA) is 98.1 Å². The molecule has 8 nitrogen and oxygen atoms in total. The number of hydrogen-bond donors (Lipinski definition) is 2. The lowest BCUT2D eigenvalue weighted by atomic mass is 10.0. The molecular weight excluding hydrogens is 498 g/mol. The smallest absolute Gasteiger partial charge is 0.272 e. The number of aromatic amines is 1. The number of piperazine rings is 1. The molecule has 1 unspecified atom stereocenters. The Morgan fingerprint density at radius 3 is 2.43 bits per heavy atom. The van der Waals surface area contributed by atoms with Gasteiger partial charge in [0.15, 0.2) is 0 Å². The molecule has 0 bridgehead atoms. The molecule has 3 heterocycles. The summed E-state index contributed by atoms with van der Waals surface area (Å²) >= 11 is 12.4. The molecule has 35 heavy (non-hydrogen) atoms. The minimum absolute atomic E-state index is 0.0817. The minimum Gasteiger partial charge on any atom is -0.383 e.